The van der Waals surface area contributed by atoms with E-state index in [1.54, 1.807) is 19.1 Å². The average molecular weight is 307 g/mol. The Kier molecular flexibility index (Phi) is 4.73. The topological polar surface area (TPSA) is 39.2 Å². The average Bonchev–Trinajstić information content (AvgIpc) is 2.91. The van der Waals surface area contributed by atoms with Gasteiger partial charge in [0.1, 0.15) is 11.2 Å². The molecule has 0 spiro atoms. The molecule has 21 heavy (non-hydrogen) atoms. The smallest absolute Gasteiger partial charge is 0.317 e. The summed E-state index contributed by atoms with van der Waals surface area (Å²) < 4.78 is 18.0. The highest BCUT2D eigenvalue weighted by atomic mass is 32.1. The highest BCUT2D eigenvalue weighted by Gasteiger charge is 2.33. The van der Waals surface area contributed by atoms with Gasteiger partial charge in [0.05, 0.1) is 17.3 Å². The number of hydrogen-bond acceptors (Lipinski definition) is 4. The van der Waals surface area contributed by atoms with Gasteiger partial charge in [0.2, 0.25) is 0 Å². The largest absolute Gasteiger partial charge is 0.465 e. The van der Waals surface area contributed by atoms with Crippen LogP contribution in [0.3, 0.4) is 0 Å². The van der Waals surface area contributed by atoms with E-state index in [0.717, 1.165) is 10.6 Å². The molecule has 5 heteroatoms. The van der Waals surface area contributed by atoms with Gasteiger partial charge in [0, 0.05) is 11.8 Å². The normalized spacial score (nSPS) is 11.4. The first-order valence-electron chi connectivity index (χ1n) is 6.80. The predicted molar refractivity (Wildman–Crippen MR) is 81.0 cm³/mol. The maximum atomic E-state index is 12.9. The van der Waals surface area contributed by atoms with E-state index < -0.39 is 5.41 Å². The molecule has 1 heterocycles. The fraction of sp³-hybridized carbons (Fsp3) is 0.375. The van der Waals surface area contributed by atoms with Crippen molar-refractivity contribution < 1.29 is 13.9 Å². The number of ether oxygens (including phenoxy) is 1. The van der Waals surface area contributed by atoms with Gasteiger partial charge in [-0.1, -0.05) is 12.1 Å². The van der Waals surface area contributed by atoms with Crippen LogP contribution in [-0.2, 0) is 21.4 Å². The maximum absolute atomic E-state index is 12.9. The van der Waals surface area contributed by atoms with Crippen LogP contribution < -0.4 is 0 Å². The molecule has 0 radical (unpaired) electrons. The SMILES string of the molecule is CCOC(=O)C(C)(C)c1csc(Cc2ccc(F)cc2)n1. The van der Waals surface area contributed by atoms with Crippen LogP contribution in [0.15, 0.2) is 29.6 Å². The molecule has 0 aliphatic carbocycles. The second-order valence-corrected chi connectivity index (χ2v) is 6.22. The van der Waals surface area contributed by atoms with Crippen molar-refractivity contribution in [1.82, 2.24) is 4.98 Å². The third-order valence-corrected chi connectivity index (χ3v) is 4.10. The van der Waals surface area contributed by atoms with Crippen molar-refractivity contribution in [3.8, 4) is 0 Å². The number of hydrogen-bond donors (Lipinski definition) is 0. The Balaban J connectivity index is 2.14. The number of carbonyl (C=O) groups excluding carboxylic acids is 1. The van der Waals surface area contributed by atoms with Gasteiger partial charge in [-0.05, 0) is 38.5 Å². The van der Waals surface area contributed by atoms with Gasteiger partial charge in [-0.15, -0.1) is 11.3 Å². The second kappa shape index (κ2) is 6.35. The van der Waals surface area contributed by atoms with Crippen molar-refractivity contribution in [1.29, 1.82) is 0 Å². The van der Waals surface area contributed by atoms with Crippen molar-refractivity contribution in [2.45, 2.75) is 32.6 Å². The van der Waals surface area contributed by atoms with Crippen LogP contribution >= 0.6 is 11.3 Å². The lowest BCUT2D eigenvalue weighted by molar-refractivity contribution is -0.148. The van der Waals surface area contributed by atoms with Gasteiger partial charge >= 0.3 is 5.97 Å². The van der Waals surface area contributed by atoms with Gasteiger partial charge in [-0.25, -0.2) is 9.37 Å². The first-order valence-corrected chi connectivity index (χ1v) is 7.68. The van der Waals surface area contributed by atoms with Crippen molar-refractivity contribution in [3.63, 3.8) is 0 Å². The van der Waals surface area contributed by atoms with Crippen LogP contribution in [0.25, 0.3) is 0 Å². The minimum absolute atomic E-state index is 0.248. The fourth-order valence-electron chi connectivity index (χ4n) is 1.87. The number of thiazole rings is 1. The van der Waals surface area contributed by atoms with E-state index in [-0.39, 0.29) is 11.8 Å². The molecule has 0 saturated carbocycles. The van der Waals surface area contributed by atoms with E-state index in [4.69, 9.17) is 4.74 Å². The van der Waals surface area contributed by atoms with Gasteiger partial charge in [0.25, 0.3) is 0 Å². The predicted octanol–water partition coefficient (Wildman–Crippen LogP) is 3.71. The first-order chi connectivity index (χ1) is 9.93. The number of esters is 1. The molecule has 2 rings (SSSR count). The van der Waals surface area contributed by atoms with E-state index in [9.17, 15) is 9.18 Å². The summed E-state index contributed by atoms with van der Waals surface area (Å²) >= 11 is 1.50. The Morgan fingerprint density at radius 1 is 1.33 bits per heavy atom. The number of carbonyl (C=O) groups is 1. The lowest BCUT2D eigenvalue weighted by Crippen LogP contribution is -2.31. The molecule has 0 N–H and O–H groups in total. The van der Waals surface area contributed by atoms with E-state index in [1.807, 2.05) is 19.2 Å². The third-order valence-electron chi connectivity index (χ3n) is 3.25. The van der Waals surface area contributed by atoms with E-state index in [1.165, 1.54) is 23.5 Å². The summed E-state index contributed by atoms with van der Waals surface area (Å²) in [5.41, 5.74) is 0.947. The number of aromatic nitrogens is 1. The monoisotopic (exact) mass is 307 g/mol. The highest BCUT2D eigenvalue weighted by Crippen LogP contribution is 2.27. The molecule has 0 fully saturated rings. The standard InChI is InChI=1S/C16H18FNO2S/c1-4-20-15(19)16(2,3)13-10-21-14(18-13)9-11-5-7-12(17)8-6-11/h5-8,10H,4,9H2,1-3H3. The summed E-state index contributed by atoms with van der Waals surface area (Å²) in [6.07, 6.45) is 0.629. The molecule has 3 nitrogen and oxygen atoms in total. The summed E-state index contributed by atoms with van der Waals surface area (Å²) in [6.45, 7) is 5.76. The molecular formula is C16H18FNO2S. The van der Waals surface area contributed by atoms with Crippen LogP contribution in [0.2, 0.25) is 0 Å². The zero-order valence-electron chi connectivity index (χ0n) is 12.4. The summed E-state index contributed by atoms with van der Waals surface area (Å²) in [7, 11) is 0. The number of rotatable bonds is 5. The number of halogens is 1. The zero-order chi connectivity index (χ0) is 15.5. The van der Waals surface area contributed by atoms with Crippen LogP contribution in [0.4, 0.5) is 4.39 Å². The maximum Gasteiger partial charge on any atom is 0.317 e. The molecule has 1 aromatic heterocycles. The lowest BCUT2D eigenvalue weighted by atomic mass is 9.90. The van der Waals surface area contributed by atoms with Crippen molar-refractivity contribution in [3.05, 3.63) is 51.7 Å². The molecule has 0 saturated heterocycles. The van der Waals surface area contributed by atoms with Crippen LogP contribution in [-0.4, -0.2) is 17.6 Å². The summed E-state index contributed by atoms with van der Waals surface area (Å²) in [4.78, 5) is 16.5. The van der Waals surface area contributed by atoms with Gasteiger partial charge in [-0.3, -0.25) is 4.79 Å². The Bertz CT molecular complexity index is 619. The minimum Gasteiger partial charge on any atom is -0.465 e. The Morgan fingerprint density at radius 2 is 2.00 bits per heavy atom. The van der Waals surface area contributed by atoms with E-state index >= 15 is 0 Å². The molecule has 2 aromatic rings. The van der Waals surface area contributed by atoms with Gasteiger partial charge < -0.3 is 4.74 Å². The van der Waals surface area contributed by atoms with Crippen molar-refractivity contribution in [2.24, 2.45) is 0 Å². The van der Waals surface area contributed by atoms with Crippen LogP contribution in [0.5, 0.6) is 0 Å². The van der Waals surface area contributed by atoms with Gasteiger partial charge in [-0.2, -0.15) is 0 Å². The first kappa shape index (κ1) is 15.6. The Hall–Kier alpha value is -1.75. The number of nitrogens with zero attached hydrogens (tertiary/aromatic N) is 1. The zero-order valence-corrected chi connectivity index (χ0v) is 13.2. The third kappa shape index (κ3) is 3.67. The lowest BCUT2D eigenvalue weighted by Gasteiger charge is -2.19. The molecule has 0 atom stereocenters. The minimum atomic E-state index is -0.756. The quantitative estimate of drug-likeness (QED) is 0.790. The molecule has 0 amide bonds. The summed E-state index contributed by atoms with van der Waals surface area (Å²) in [5.74, 6) is -0.523. The van der Waals surface area contributed by atoms with Crippen molar-refractivity contribution in [2.75, 3.05) is 6.61 Å². The number of benzene rings is 1. The van der Waals surface area contributed by atoms with Gasteiger partial charge in [0.15, 0.2) is 0 Å². The molecule has 0 bridgehead atoms. The van der Waals surface area contributed by atoms with Crippen molar-refractivity contribution >= 4 is 17.3 Å². The Morgan fingerprint density at radius 3 is 2.62 bits per heavy atom. The molecule has 0 unspecified atom stereocenters. The molecule has 112 valence electrons. The molecular weight excluding hydrogens is 289 g/mol. The van der Waals surface area contributed by atoms with Crippen LogP contribution in [0.1, 0.15) is 37.0 Å². The highest BCUT2D eigenvalue weighted by molar-refractivity contribution is 7.09. The molecule has 0 aliphatic heterocycles. The summed E-state index contributed by atoms with van der Waals surface area (Å²) in [6, 6.07) is 6.36. The molecule has 0 aliphatic rings. The fourth-order valence-corrected chi connectivity index (χ4v) is 2.87. The summed E-state index contributed by atoms with van der Waals surface area (Å²) in [5, 5.41) is 2.78. The molecule has 1 aromatic carbocycles. The van der Waals surface area contributed by atoms with Crippen LogP contribution in [0, 0.1) is 5.82 Å². The van der Waals surface area contributed by atoms with E-state index in [2.05, 4.69) is 4.98 Å². The Labute approximate surface area is 127 Å². The second-order valence-electron chi connectivity index (χ2n) is 5.28. The van der Waals surface area contributed by atoms with E-state index in [0.29, 0.717) is 18.7 Å².